The molecule has 5 heteroatoms. The summed E-state index contributed by atoms with van der Waals surface area (Å²) in [5.41, 5.74) is 0. The molecule has 1 rings (SSSR count). The number of nitrogens with zero attached hydrogens (tertiary/aromatic N) is 1. The van der Waals surface area contributed by atoms with Crippen LogP contribution in [0.15, 0.2) is 0 Å². The third-order valence-electron chi connectivity index (χ3n) is 2.96. The first-order valence-corrected chi connectivity index (χ1v) is 5.76. The van der Waals surface area contributed by atoms with E-state index < -0.39 is 5.97 Å². The van der Waals surface area contributed by atoms with Gasteiger partial charge < -0.3 is 15.3 Å². The van der Waals surface area contributed by atoms with E-state index >= 15 is 0 Å². The summed E-state index contributed by atoms with van der Waals surface area (Å²) in [4.78, 5) is 23.9. The van der Waals surface area contributed by atoms with E-state index in [1.54, 1.807) is 11.8 Å². The van der Waals surface area contributed by atoms with Gasteiger partial charge in [-0.25, -0.2) is 4.79 Å². The molecule has 0 aromatic rings. The van der Waals surface area contributed by atoms with E-state index in [4.69, 9.17) is 11.5 Å². The highest BCUT2D eigenvalue weighted by Crippen LogP contribution is 2.20. The number of nitrogens with one attached hydrogen (secondary N) is 1. The monoisotopic (exact) mass is 238 g/mol. The van der Waals surface area contributed by atoms with Gasteiger partial charge in [0, 0.05) is 19.5 Å². The quantitative estimate of drug-likeness (QED) is 0.718. The van der Waals surface area contributed by atoms with Crippen LogP contribution in [-0.2, 0) is 4.79 Å². The molecule has 1 heterocycles. The van der Waals surface area contributed by atoms with E-state index in [9.17, 15) is 9.59 Å². The van der Waals surface area contributed by atoms with Crippen LogP contribution in [0.4, 0.5) is 4.79 Å². The van der Waals surface area contributed by atoms with Gasteiger partial charge in [0.05, 0.1) is 6.04 Å². The Kier molecular flexibility index (Phi) is 4.83. The van der Waals surface area contributed by atoms with Crippen molar-refractivity contribution in [2.24, 2.45) is 5.92 Å². The van der Waals surface area contributed by atoms with Gasteiger partial charge in [-0.05, 0) is 25.7 Å². The van der Waals surface area contributed by atoms with Crippen LogP contribution in [0.2, 0.25) is 0 Å². The van der Waals surface area contributed by atoms with Crippen LogP contribution in [0.25, 0.3) is 0 Å². The average molecular weight is 238 g/mol. The first-order chi connectivity index (χ1) is 8.02. The zero-order valence-corrected chi connectivity index (χ0v) is 9.98. The molecule has 0 radical (unpaired) electrons. The van der Waals surface area contributed by atoms with Crippen LogP contribution in [-0.4, -0.2) is 41.1 Å². The molecule has 5 nitrogen and oxygen atoms in total. The molecule has 94 valence electrons. The lowest BCUT2D eigenvalue weighted by atomic mass is 9.94. The molecule has 1 saturated heterocycles. The Morgan fingerprint density at radius 1 is 1.53 bits per heavy atom. The molecule has 0 saturated carbocycles. The number of amides is 2. The molecule has 17 heavy (non-hydrogen) atoms. The van der Waals surface area contributed by atoms with Crippen LogP contribution in [0.5, 0.6) is 0 Å². The fraction of sp³-hybridized carbons (Fsp3) is 0.667. The summed E-state index contributed by atoms with van der Waals surface area (Å²) in [5.74, 6) is 1.85. The van der Waals surface area contributed by atoms with E-state index in [0.717, 1.165) is 12.8 Å². The molecule has 0 bridgehead atoms. The van der Waals surface area contributed by atoms with E-state index in [1.165, 1.54) is 0 Å². The number of terminal acetylenes is 1. The van der Waals surface area contributed by atoms with Crippen molar-refractivity contribution < 1.29 is 14.7 Å². The highest BCUT2D eigenvalue weighted by Gasteiger charge is 2.24. The minimum atomic E-state index is -0.770. The van der Waals surface area contributed by atoms with Gasteiger partial charge in [0.15, 0.2) is 0 Å². The number of rotatable bonds is 3. The van der Waals surface area contributed by atoms with Crippen molar-refractivity contribution in [1.82, 2.24) is 10.2 Å². The summed E-state index contributed by atoms with van der Waals surface area (Å²) in [7, 11) is 0. The van der Waals surface area contributed by atoms with E-state index in [1.807, 2.05) is 0 Å². The van der Waals surface area contributed by atoms with Crippen LogP contribution in [0.1, 0.15) is 26.2 Å². The first-order valence-electron chi connectivity index (χ1n) is 5.76. The number of hydrogen-bond acceptors (Lipinski definition) is 2. The largest absolute Gasteiger partial charge is 0.481 e. The molecule has 1 fully saturated rings. The normalized spacial score (nSPS) is 18.2. The number of carbonyl (C=O) groups excluding carboxylic acids is 1. The number of piperidine rings is 1. The van der Waals surface area contributed by atoms with Crippen molar-refractivity contribution in [2.75, 3.05) is 13.1 Å². The van der Waals surface area contributed by atoms with Gasteiger partial charge in [-0.1, -0.05) is 5.92 Å². The number of likely N-dealkylation sites (tertiary alicyclic amines) is 1. The molecule has 0 aliphatic carbocycles. The van der Waals surface area contributed by atoms with Crippen LogP contribution >= 0.6 is 0 Å². The molecule has 0 aromatic carbocycles. The minimum absolute atomic E-state index is 0.163. The maximum Gasteiger partial charge on any atom is 0.318 e. The van der Waals surface area contributed by atoms with E-state index in [0.29, 0.717) is 13.1 Å². The lowest BCUT2D eigenvalue weighted by Crippen LogP contribution is -2.47. The second-order valence-electron chi connectivity index (χ2n) is 4.37. The number of aliphatic carboxylic acids is 1. The van der Waals surface area contributed by atoms with Gasteiger partial charge in [-0.3, -0.25) is 4.79 Å². The van der Waals surface area contributed by atoms with Crippen molar-refractivity contribution in [2.45, 2.75) is 32.2 Å². The second kappa shape index (κ2) is 6.14. The lowest BCUT2D eigenvalue weighted by molar-refractivity contribution is -0.138. The predicted molar refractivity (Wildman–Crippen MR) is 63.4 cm³/mol. The molecule has 2 N–H and O–H groups in total. The summed E-state index contributed by atoms with van der Waals surface area (Å²) in [6.45, 7) is 2.94. The molecule has 1 unspecified atom stereocenters. The highest BCUT2D eigenvalue weighted by molar-refractivity contribution is 5.75. The number of carbonyl (C=O) groups is 2. The summed E-state index contributed by atoms with van der Waals surface area (Å²) in [6, 6.07) is -0.441. The second-order valence-corrected chi connectivity index (χ2v) is 4.37. The van der Waals surface area contributed by atoms with Crippen LogP contribution in [0, 0.1) is 18.3 Å². The van der Waals surface area contributed by atoms with Gasteiger partial charge in [-0.15, -0.1) is 6.42 Å². The predicted octanol–water partition coefficient (Wildman–Crippen LogP) is 0.904. The van der Waals surface area contributed by atoms with Crippen molar-refractivity contribution in [1.29, 1.82) is 0 Å². The van der Waals surface area contributed by atoms with Gasteiger partial charge in [0.1, 0.15) is 0 Å². The van der Waals surface area contributed by atoms with Gasteiger partial charge in [0.2, 0.25) is 0 Å². The third-order valence-corrected chi connectivity index (χ3v) is 2.96. The molecule has 0 aromatic heterocycles. The average Bonchev–Trinajstić information content (AvgIpc) is 2.28. The number of urea groups is 1. The van der Waals surface area contributed by atoms with Gasteiger partial charge in [0.25, 0.3) is 0 Å². The van der Waals surface area contributed by atoms with Crippen molar-refractivity contribution in [3.8, 4) is 12.3 Å². The third kappa shape index (κ3) is 4.35. The SMILES string of the molecule is C#CC(C)NC(=O)N1CCC(CC(=O)O)CC1. The van der Waals surface area contributed by atoms with E-state index in [2.05, 4.69) is 11.2 Å². The lowest BCUT2D eigenvalue weighted by Gasteiger charge is -2.31. The molecule has 1 atom stereocenters. The summed E-state index contributed by atoms with van der Waals surface area (Å²) in [5, 5.41) is 11.4. The highest BCUT2D eigenvalue weighted by atomic mass is 16.4. The first kappa shape index (κ1) is 13.4. The Morgan fingerprint density at radius 2 is 2.12 bits per heavy atom. The van der Waals surface area contributed by atoms with Crippen molar-refractivity contribution in [3.05, 3.63) is 0 Å². The standard InChI is InChI=1S/C12H18N2O3/c1-3-9(2)13-12(17)14-6-4-10(5-7-14)8-11(15)16/h1,9-10H,4-8H2,2H3,(H,13,17)(H,15,16). The Balaban J connectivity index is 2.34. The number of carboxylic acids is 1. The van der Waals surface area contributed by atoms with E-state index in [-0.39, 0.29) is 24.4 Å². The van der Waals surface area contributed by atoms with Crippen molar-refractivity contribution >= 4 is 12.0 Å². The van der Waals surface area contributed by atoms with Crippen LogP contribution in [0.3, 0.4) is 0 Å². The maximum atomic E-state index is 11.7. The van der Waals surface area contributed by atoms with Crippen LogP contribution < -0.4 is 5.32 Å². The van der Waals surface area contributed by atoms with Gasteiger partial charge >= 0.3 is 12.0 Å². The fourth-order valence-corrected chi connectivity index (χ4v) is 1.91. The molecular formula is C12H18N2O3. The molecule has 1 aliphatic rings. The van der Waals surface area contributed by atoms with Gasteiger partial charge in [-0.2, -0.15) is 0 Å². The molecule has 1 aliphatic heterocycles. The Hall–Kier alpha value is -1.70. The zero-order valence-electron chi connectivity index (χ0n) is 9.98. The van der Waals surface area contributed by atoms with Crippen molar-refractivity contribution in [3.63, 3.8) is 0 Å². The minimum Gasteiger partial charge on any atom is -0.481 e. The Morgan fingerprint density at radius 3 is 2.59 bits per heavy atom. The Labute approximate surface area is 101 Å². The summed E-state index contributed by atoms with van der Waals surface area (Å²) < 4.78 is 0. The zero-order chi connectivity index (χ0) is 12.8. The summed E-state index contributed by atoms with van der Waals surface area (Å²) >= 11 is 0. The number of carboxylic acid groups (broad SMARTS) is 1. The Bertz CT molecular complexity index is 327. The molecule has 2 amide bonds. The summed E-state index contributed by atoms with van der Waals surface area (Å²) in [6.07, 6.45) is 6.85. The number of hydrogen-bond donors (Lipinski definition) is 2. The molecule has 0 spiro atoms. The topological polar surface area (TPSA) is 69.6 Å². The smallest absolute Gasteiger partial charge is 0.318 e. The maximum absolute atomic E-state index is 11.7. The fourth-order valence-electron chi connectivity index (χ4n) is 1.91. The molecular weight excluding hydrogens is 220 g/mol.